The molecule has 0 aromatic heterocycles. The highest BCUT2D eigenvalue weighted by Crippen LogP contribution is 2.61. The molecule has 1 saturated carbocycles. The Labute approximate surface area is 83.6 Å². The van der Waals surface area contributed by atoms with E-state index >= 15 is 0 Å². The normalized spacial score (nSPS) is 29.9. The van der Waals surface area contributed by atoms with Crippen molar-refractivity contribution in [3.63, 3.8) is 0 Å². The third kappa shape index (κ3) is 1.22. The molecule has 0 bridgehead atoms. The Morgan fingerprint density at radius 3 is 2.57 bits per heavy atom. The average molecular weight is 190 g/mol. The third-order valence-electron chi connectivity index (χ3n) is 3.33. The van der Waals surface area contributed by atoms with Gasteiger partial charge < -0.3 is 5.11 Å². The van der Waals surface area contributed by atoms with Crippen molar-refractivity contribution in [2.75, 3.05) is 0 Å². The Bertz CT molecular complexity index is 345. The average Bonchev–Trinajstić information content (AvgIpc) is 2.95. The smallest absolute Gasteiger partial charge is 0.310 e. The second-order valence-electron chi connectivity index (χ2n) is 3.98. The van der Waals surface area contributed by atoms with Gasteiger partial charge in [-0.2, -0.15) is 0 Å². The summed E-state index contributed by atoms with van der Waals surface area (Å²) in [5.74, 6) is -0.417. The zero-order chi connectivity index (χ0) is 10.2. The molecule has 0 amide bonds. The van der Waals surface area contributed by atoms with Crippen molar-refractivity contribution < 1.29 is 9.90 Å². The molecule has 1 aliphatic rings. The van der Waals surface area contributed by atoms with Crippen molar-refractivity contribution >= 4 is 5.97 Å². The molecule has 2 nitrogen and oxygen atoms in total. The second kappa shape index (κ2) is 3.12. The Balaban J connectivity index is 2.22. The van der Waals surface area contributed by atoms with E-state index < -0.39 is 11.4 Å². The molecule has 14 heavy (non-hydrogen) atoms. The summed E-state index contributed by atoms with van der Waals surface area (Å²) < 4.78 is 0. The van der Waals surface area contributed by atoms with E-state index in [1.165, 1.54) is 0 Å². The van der Waals surface area contributed by atoms with E-state index in [4.69, 9.17) is 5.11 Å². The third-order valence-corrected chi connectivity index (χ3v) is 3.33. The molecule has 1 aliphatic carbocycles. The van der Waals surface area contributed by atoms with Crippen LogP contribution in [0, 0.1) is 5.41 Å². The Morgan fingerprint density at radius 1 is 1.50 bits per heavy atom. The zero-order valence-electron chi connectivity index (χ0n) is 8.23. The molecule has 0 radical (unpaired) electrons. The van der Waals surface area contributed by atoms with Crippen LogP contribution in [0.15, 0.2) is 30.3 Å². The van der Waals surface area contributed by atoms with Gasteiger partial charge in [0, 0.05) is 5.92 Å². The maximum absolute atomic E-state index is 11.1. The van der Waals surface area contributed by atoms with E-state index in [2.05, 4.69) is 0 Å². The van der Waals surface area contributed by atoms with Crippen LogP contribution in [0.4, 0.5) is 0 Å². The fourth-order valence-electron chi connectivity index (χ4n) is 2.21. The molecule has 2 rings (SSSR count). The molecular weight excluding hydrogens is 176 g/mol. The summed E-state index contributed by atoms with van der Waals surface area (Å²) in [5.41, 5.74) is 0.693. The number of benzene rings is 1. The molecule has 1 aromatic rings. The zero-order valence-corrected chi connectivity index (χ0v) is 8.23. The molecule has 0 spiro atoms. The van der Waals surface area contributed by atoms with Gasteiger partial charge in [0.25, 0.3) is 0 Å². The summed E-state index contributed by atoms with van der Waals surface area (Å²) in [6.45, 7) is 1.96. The van der Waals surface area contributed by atoms with Gasteiger partial charge >= 0.3 is 5.97 Å². The Kier molecular flexibility index (Phi) is 2.06. The summed E-state index contributed by atoms with van der Waals surface area (Å²) in [5, 5.41) is 9.14. The molecule has 1 aromatic carbocycles. The summed E-state index contributed by atoms with van der Waals surface area (Å²) in [6, 6.07) is 9.93. The van der Waals surface area contributed by atoms with Gasteiger partial charge in [-0.25, -0.2) is 0 Å². The molecule has 0 heterocycles. The van der Waals surface area contributed by atoms with Crippen molar-refractivity contribution in [1.29, 1.82) is 0 Å². The molecule has 0 aliphatic heterocycles. The van der Waals surface area contributed by atoms with Crippen molar-refractivity contribution in [2.24, 2.45) is 5.41 Å². The second-order valence-corrected chi connectivity index (χ2v) is 3.98. The van der Waals surface area contributed by atoms with Crippen LogP contribution in [0.3, 0.4) is 0 Å². The largest absolute Gasteiger partial charge is 0.481 e. The molecule has 74 valence electrons. The van der Waals surface area contributed by atoms with Crippen molar-refractivity contribution in [3.8, 4) is 0 Å². The predicted molar refractivity (Wildman–Crippen MR) is 54.2 cm³/mol. The first-order chi connectivity index (χ1) is 6.70. The van der Waals surface area contributed by atoms with Crippen LogP contribution in [-0.2, 0) is 4.79 Å². The van der Waals surface area contributed by atoms with Crippen LogP contribution in [0.1, 0.15) is 31.2 Å². The van der Waals surface area contributed by atoms with Gasteiger partial charge in [-0.15, -0.1) is 0 Å². The van der Waals surface area contributed by atoms with Gasteiger partial charge in [0.2, 0.25) is 0 Å². The molecular formula is C12H14O2. The minimum Gasteiger partial charge on any atom is -0.481 e. The van der Waals surface area contributed by atoms with E-state index in [1.54, 1.807) is 0 Å². The molecule has 2 heteroatoms. The molecule has 0 saturated heterocycles. The SMILES string of the molecule is CC[C@]1(C(=O)O)C[C@@H]1c1ccccc1. The van der Waals surface area contributed by atoms with E-state index in [0.29, 0.717) is 0 Å². The van der Waals surface area contributed by atoms with E-state index in [-0.39, 0.29) is 5.92 Å². The Hall–Kier alpha value is -1.31. The number of carboxylic acid groups (broad SMARTS) is 1. The highest BCUT2D eigenvalue weighted by Gasteiger charge is 2.59. The number of hydrogen-bond donors (Lipinski definition) is 1. The molecule has 1 fully saturated rings. The van der Waals surface area contributed by atoms with Crippen molar-refractivity contribution in [1.82, 2.24) is 0 Å². The monoisotopic (exact) mass is 190 g/mol. The maximum Gasteiger partial charge on any atom is 0.310 e. The van der Waals surface area contributed by atoms with Crippen LogP contribution >= 0.6 is 0 Å². The lowest BCUT2D eigenvalue weighted by molar-refractivity contribution is -0.143. The minimum absolute atomic E-state index is 0.228. The van der Waals surface area contributed by atoms with Crippen LogP contribution < -0.4 is 0 Å². The molecule has 1 N–H and O–H groups in total. The summed E-state index contributed by atoms with van der Waals surface area (Å²) in [7, 11) is 0. The predicted octanol–water partition coefficient (Wildman–Crippen LogP) is 2.65. The topological polar surface area (TPSA) is 37.3 Å². The van der Waals surface area contributed by atoms with Gasteiger partial charge in [0.15, 0.2) is 0 Å². The van der Waals surface area contributed by atoms with Gasteiger partial charge in [-0.3, -0.25) is 4.79 Å². The quantitative estimate of drug-likeness (QED) is 0.795. The number of carboxylic acids is 1. The first kappa shape index (κ1) is 9.25. The first-order valence-electron chi connectivity index (χ1n) is 4.99. The van der Waals surface area contributed by atoms with Crippen LogP contribution in [0.25, 0.3) is 0 Å². The first-order valence-corrected chi connectivity index (χ1v) is 4.99. The van der Waals surface area contributed by atoms with Gasteiger partial charge in [-0.05, 0) is 18.4 Å². The minimum atomic E-state index is -0.645. The Morgan fingerprint density at radius 2 is 2.14 bits per heavy atom. The lowest BCUT2D eigenvalue weighted by Crippen LogP contribution is -2.15. The van der Waals surface area contributed by atoms with Gasteiger partial charge in [-0.1, -0.05) is 37.3 Å². The maximum atomic E-state index is 11.1. The molecule has 2 atom stereocenters. The number of carbonyl (C=O) groups is 1. The van der Waals surface area contributed by atoms with Crippen molar-refractivity contribution in [3.05, 3.63) is 35.9 Å². The number of hydrogen-bond acceptors (Lipinski definition) is 1. The van der Waals surface area contributed by atoms with E-state index in [0.717, 1.165) is 18.4 Å². The highest BCUT2D eigenvalue weighted by atomic mass is 16.4. The van der Waals surface area contributed by atoms with Crippen LogP contribution in [-0.4, -0.2) is 11.1 Å². The fourth-order valence-corrected chi connectivity index (χ4v) is 2.21. The molecule has 0 unspecified atom stereocenters. The van der Waals surface area contributed by atoms with Crippen molar-refractivity contribution in [2.45, 2.75) is 25.7 Å². The van der Waals surface area contributed by atoms with Crippen LogP contribution in [0.5, 0.6) is 0 Å². The summed E-state index contributed by atoms with van der Waals surface area (Å²) >= 11 is 0. The lowest BCUT2D eigenvalue weighted by Gasteiger charge is -2.08. The standard InChI is InChI=1S/C12H14O2/c1-2-12(11(13)14)8-10(12)9-6-4-3-5-7-9/h3-7,10H,2,8H2,1H3,(H,13,14)/t10-,12+/m1/s1. The van der Waals surface area contributed by atoms with Gasteiger partial charge in [0.05, 0.1) is 5.41 Å². The number of rotatable bonds is 3. The number of aliphatic carboxylic acids is 1. The van der Waals surface area contributed by atoms with Gasteiger partial charge in [0.1, 0.15) is 0 Å². The highest BCUT2D eigenvalue weighted by molar-refractivity contribution is 5.80. The summed E-state index contributed by atoms with van der Waals surface area (Å²) in [6.07, 6.45) is 1.52. The van der Waals surface area contributed by atoms with E-state index in [9.17, 15) is 4.79 Å². The van der Waals surface area contributed by atoms with Crippen LogP contribution in [0.2, 0.25) is 0 Å². The van der Waals surface area contributed by atoms with E-state index in [1.807, 2.05) is 37.3 Å². The lowest BCUT2D eigenvalue weighted by atomic mass is 9.96. The fraction of sp³-hybridized carbons (Fsp3) is 0.417. The summed E-state index contributed by atoms with van der Waals surface area (Å²) in [4.78, 5) is 11.1.